The molecule has 19 heavy (non-hydrogen) atoms. The van der Waals surface area contributed by atoms with Gasteiger partial charge in [0, 0.05) is 26.1 Å². The Hall–Kier alpha value is -1.15. The Morgan fingerprint density at radius 2 is 2.00 bits per heavy atom. The van der Waals surface area contributed by atoms with Gasteiger partial charge in [0.15, 0.2) is 0 Å². The van der Waals surface area contributed by atoms with Crippen LogP contribution in [0.3, 0.4) is 0 Å². The maximum Gasteiger partial charge on any atom is 0.310 e. The minimum Gasteiger partial charge on any atom is -0.481 e. The number of nitrogens with one attached hydrogen (secondary N) is 1. The van der Waals surface area contributed by atoms with Gasteiger partial charge in [-0.2, -0.15) is 0 Å². The lowest BCUT2D eigenvalue weighted by atomic mass is 9.94. The smallest absolute Gasteiger partial charge is 0.310 e. The average Bonchev–Trinajstić information content (AvgIpc) is 2.63. The summed E-state index contributed by atoms with van der Waals surface area (Å²) >= 11 is 0. The summed E-state index contributed by atoms with van der Waals surface area (Å²) in [6.45, 7) is 3.66. The van der Waals surface area contributed by atoms with Crippen molar-refractivity contribution in [2.75, 3.05) is 25.4 Å². The van der Waals surface area contributed by atoms with E-state index in [4.69, 9.17) is 5.11 Å². The second kappa shape index (κ2) is 5.87. The Balaban J connectivity index is 2.35. The van der Waals surface area contributed by atoms with Gasteiger partial charge in [-0.05, 0) is 20.3 Å². The number of amides is 1. The molecule has 1 heterocycles. The molecule has 0 aliphatic carbocycles. The number of carboxylic acids is 1. The van der Waals surface area contributed by atoms with E-state index in [9.17, 15) is 18.0 Å². The summed E-state index contributed by atoms with van der Waals surface area (Å²) in [4.78, 5) is 22.4. The van der Waals surface area contributed by atoms with Crippen LogP contribution >= 0.6 is 0 Å². The highest BCUT2D eigenvalue weighted by Crippen LogP contribution is 2.14. The predicted octanol–water partition coefficient (Wildman–Crippen LogP) is -0.361. The normalized spacial score (nSPS) is 19.3. The summed E-state index contributed by atoms with van der Waals surface area (Å²) in [5.74, 6) is -1.19. The molecule has 0 aromatic carbocycles. The van der Waals surface area contributed by atoms with Crippen molar-refractivity contribution >= 4 is 21.9 Å². The van der Waals surface area contributed by atoms with Crippen molar-refractivity contribution in [1.82, 2.24) is 9.62 Å². The molecule has 0 atom stereocenters. The largest absolute Gasteiger partial charge is 0.481 e. The van der Waals surface area contributed by atoms with Gasteiger partial charge in [0.2, 0.25) is 15.9 Å². The van der Waals surface area contributed by atoms with E-state index >= 15 is 0 Å². The number of hydrogen-bond donors (Lipinski definition) is 2. The Bertz CT molecular complexity index is 458. The molecule has 0 aromatic rings. The summed E-state index contributed by atoms with van der Waals surface area (Å²) < 4.78 is 24.3. The number of sulfonamides is 1. The third-order valence-electron chi connectivity index (χ3n) is 3.10. The number of hydrogen-bond acceptors (Lipinski definition) is 4. The van der Waals surface area contributed by atoms with Crippen molar-refractivity contribution < 1.29 is 23.1 Å². The van der Waals surface area contributed by atoms with Crippen molar-refractivity contribution in [3.8, 4) is 0 Å². The van der Waals surface area contributed by atoms with Crippen molar-refractivity contribution in [3.63, 3.8) is 0 Å². The fraction of sp³-hybridized carbons (Fsp3) is 0.818. The van der Waals surface area contributed by atoms with Crippen LogP contribution in [0.15, 0.2) is 0 Å². The van der Waals surface area contributed by atoms with Crippen LogP contribution in [0.4, 0.5) is 0 Å². The molecule has 0 radical (unpaired) electrons. The minimum absolute atomic E-state index is 0.0217. The van der Waals surface area contributed by atoms with Crippen LogP contribution < -0.4 is 5.32 Å². The van der Waals surface area contributed by atoms with Crippen LogP contribution in [0.25, 0.3) is 0 Å². The van der Waals surface area contributed by atoms with Gasteiger partial charge < -0.3 is 10.4 Å². The highest BCUT2D eigenvalue weighted by molar-refractivity contribution is 7.89. The van der Waals surface area contributed by atoms with Gasteiger partial charge in [0.05, 0.1) is 11.2 Å². The fourth-order valence-electron chi connectivity index (χ4n) is 1.65. The van der Waals surface area contributed by atoms with E-state index in [1.54, 1.807) is 0 Å². The lowest BCUT2D eigenvalue weighted by molar-refractivity contribution is -0.146. The van der Waals surface area contributed by atoms with Crippen LogP contribution in [-0.2, 0) is 19.6 Å². The summed E-state index contributed by atoms with van der Waals surface area (Å²) in [5, 5.41) is 11.4. The van der Waals surface area contributed by atoms with Crippen LogP contribution in [0.5, 0.6) is 0 Å². The zero-order valence-electron chi connectivity index (χ0n) is 11.2. The molecule has 1 saturated heterocycles. The van der Waals surface area contributed by atoms with E-state index in [1.807, 2.05) is 0 Å². The van der Waals surface area contributed by atoms with Gasteiger partial charge in [0.25, 0.3) is 0 Å². The molecule has 2 N–H and O–H groups in total. The van der Waals surface area contributed by atoms with Crippen molar-refractivity contribution in [1.29, 1.82) is 0 Å². The summed E-state index contributed by atoms with van der Waals surface area (Å²) in [5.41, 5.74) is -1.03. The van der Waals surface area contributed by atoms with Gasteiger partial charge >= 0.3 is 5.97 Å². The molecule has 8 heteroatoms. The second-order valence-corrected chi connectivity index (χ2v) is 7.37. The lowest BCUT2D eigenvalue weighted by Crippen LogP contribution is -2.40. The zero-order chi connectivity index (χ0) is 14.7. The molecule has 1 aliphatic rings. The first-order valence-corrected chi connectivity index (χ1v) is 7.74. The fourth-order valence-corrected chi connectivity index (χ4v) is 3.18. The van der Waals surface area contributed by atoms with Crippen LogP contribution in [0.2, 0.25) is 0 Å². The highest BCUT2D eigenvalue weighted by atomic mass is 32.2. The first kappa shape index (κ1) is 15.9. The predicted molar refractivity (Wildman–Crippen MR) is 69.0 cm³/mol. The maximum absolute atomic E-state index is 11.6. The molecule has 110 valence electrons. The molecule has 0 aromatic heterocycles. The summed E-state index contributed by atoms with van der Waals surface area (Å²) in [6, 6.07) is 0. The van der Waals surface area contributed by atoms with E-state index < -0.39 is 21.4 Å². The molecular weight excluding hydrogens is 272 g/mol. The molecule has 0 spiro atoms. The Morgan fingerprint density at radius 1 is 1.37 bits per heavy atom. The molecule has 0 saturated carbocycles. The Morgan fingerprint density at radius 3 is 2.47 bits per heavy atom. The molecule has 0 unspecified atom stereocenters. The van der Waals surface area contributed by atoms with Crippen LogP contribution in [0, 0.1) is 5.41 Å². The Labute approximate surface area is 113 Å². The summed E-state index contributed by atoms with van der Waals surface area (Å²) in [7, 11) is -3.18. The SMILES string of the molecule is CC(C)(CNC(=O)CCN1CCCS1(=O)=O)C(=O)O. The zero-order valence-corrected chi connectivity index (χ0v) is 12.0. The second-order valence-electron chi connectivity index (χ2n) is 5.28. The highest BCUT2D eigenvalue weighted by Gasteiger charge is 2.29. The van der Waals surface area contributed by atoms with Gasteiger partial charge in [-0.15, -0.1) is 0 Å². The topological polar surface area (TPSA) is 104 Å². The maximum atomic E-state index is 11.6. The molecule has 7 nitrogen and oxygen atoms in total. The molecular formula is C11H20N2O5S. The number of rotatable bonds is 6. The monoisotopic (exact) mass is 292 g/mol. The lowest BCUT2D eigenvalue weighted by Gasteiger charge is -2.20. The van der Waals surface area contributed by atoms with Gasteiger partial charge in [-0.25, -0.2) is 12.7 Å². The standard InChI is InChI=1S/C11H20N2O5S/c1-11(2,10(15)16)8-12-9(14)4-6-13-5-3-7-19(13,17)18/h3-8H2,1-2H3,(H,12,14)(H,15,16). The molecule has 1 amide bonds. The average molecular weight is 292 g/mol. The van der Waals surface area contributed by atoms with E-state index in [2.05, 4.69) is 5.32 Å². The number of carbonyl (C=O) groups excluding carboxylic acids is 1. The van der Waals surface area contributed by atoms with Crippen LogP contribution in [-0.4, -0.2) is 55.1 Å². The van der Waals surface area contributed by atoms with E-state index in [-0.39, 0.29) is 31.2 Å². The number of carbonyl (C=O) groups is 2. The van der Waals surface area contributed by atoms with Crippen LogP contribution in [0.1, 0.15) is 26.7 Å². The van der Waals surface area contributed by atoms with Gasteiger partial charge in [-0.3, -0.25) is 9.59 Å². The van der Waals surface area contributed by atoms with Gasteiger partial charge in [0.1, 0.15) is 0 Å². The van der Waals surface area contributed by atoms with E-state index in [0.29, 0.717) is 13.0 Å². The number of nitrogens with zero attached hydrogens (tertiary/aromatic N) is 1. The van der Waals surface area contributed by atoms with Crippen molar-refractivity contribution in [3.05, 3.63) is 0 Å². The van der Waals surface area contributed by atoms with E-state index in [1.165, 1.54) is 18.2 Å². The molecule has 0 bridgehead atoms. The first-order chi connectivity index (χ1) is 8.65. The first-order valence-electron chi connectivity index (χ1n) is 6.13. The third-order valence-corrected chi connectivity index (χ3v) is 5.05. The third kappa shape index (κ3) is 4.46. The quantitative estimate of drug-likeness (QED) is 0.695. The van der Waals surface area contributed by atoms with Crippen molar-refractivity contribution in [2.24, 2.45) is 5.41 Å². The Kier molecular flexibility index (Phi) is 4.92. The minimum atomic E-state index is -3.18. The summed E-state index contributed by atoms with van der Waals surface area (Å²) in [6.07, 6.45) is 0.644. The van der Waals surface area contributed by atoms with Crippen molar-refractivity contribution in [2.45, 2.75) is 26.7 Å². The van der Waals surface area contributed by atoms with E-state index in [0.717, 1.165) is 0 Å². The molecule has 1 fully saturated rings. The molecule has 1 rings (SSSR count). The number of carboxylic acid groups (broad SMARTS) is 1. The number of aliphatic carboxylic acids is 1. The van der Waals surface area contributed by atoms with Gasteiger partial charge in [-0.1, -0.05) is 0 Å². The molecule has 1 aliphatic heterocycles.